The molecule has 0 unspecified atom stereocenters. The first-order chi connectivity index (χ1) is 10.2. The molecule has 0 aromatic carbocycles. The maximum Gasteiger partial charge on any atom is 0.339 e. The molecule has 6 heteroatoms. The molecule has 0 amide bonds. The van der Waals surface area contributed by atoms with Crippen molar-refractivity contribution in [3.63, 3.8) is 0 Å². The Hall–Kier alpha value is -2.55. The molecule has 6 nitrogen and oxygen atoms in total. The van der Waals surface area contributed by atoms with Gasteiger partial charge in [0.25, 0.3) is 0 Å². The molecule has 1 fully saturated rings. The maximum absolute atomic E-state index is 11.4. The van der Waals surface area contributed by atoms with Gasteiger partial charge < -0.3 is 15.4 Å². The minimum absolute atomic E-state index is 0.0491. The fraction of sp³-hybridized carbons (Fsp3) is 0.400. The SMILES string of the molecule is N#C[C@H]1CCC[C@H](Nc2c(C(=O)O)cnc3[nH]ccc23)C1. The summed E-state index contributed by atoms with van der Waals surface area (Å²) in [4.78, 5) is 18.5. The molecule has 0 bridgehead atoms. The number of aromatic nitrogens is 2. The number of rotatable bonds is 3. The van der Waals surface area contributed by atoms with Crippen LogP contribution in [0.15, 0.2) is 18.5 Å². The zero-order chi connectivity index (χ0) is 14.8. The number of nitriles is 1. The van der Waals surface area contributed by atoms with Crippen molar-refractivity contribution >= 4 is 22.7 Å². The molecule has 0 spiro atoms. The van der Waals surface area contributed by atoms with Crippen molar-refractivity contribution in [3.05, 3.63) is 24.0 Å². The van der Waals surface area contributed by atoms with E-state index >= 15 is 0 Å². The lowest BCUT2D eigenvalue weighted by Gasteiger charge is -2.27. The number of H-pyrrole nitrogens is 1. The topological polar surface area (TPSA) is 102 Å². The number of aromatic carboxylic acids is 1. The molecule has 2 aromatic heterocycles. The number of hydrogen-bond acceptors (Lipinski definition) is 4. The second-order valence-corrected chi connectivity index (χ2v) is 5.43. The van der Waals surface area contributed by atoms with E-state index in [9.17, 15) is 9.90 Å². The number of pyridine rings is 1. The Morgan fingerprint density at radius 3 is 3.14 bits per heavy atom. The average Bonchev–Trinajstić information content (AvgIpc) is 2.96. The van der Waals surface area contributed by atoms with Crippen molar-refractivity contribution in [2.75, 3.05) is 5.32 Å². The maximum atomic E-state index is 11.4. The van der Waals surface area contributed by atoms with Crippen LogP contribution in [-0.4, -0.2) is 27.1 Å². The van der Waals surface area contributed by atoms with Crippen LogP contribution in [0.3, 0.4) is 0 Å². The van der Waals surface area contributed by atoms with Gasteiger partial charge >= 0.3 is 5.97 Å². The summed E-state index contributed by atoms with van der Waals surface area (Å²) in [6, 6.07) is 4.26. The van der Waals surface area contributed by atoms with Crippen molar-refractivity contribution < 1.29 is 9.90 Å². The van der Waals surface area contributed by atoms with Crippen molar-refractivity contribution in [3.8, 4) is 6.07 Å². The van der Waals surface area contributed by atoms with Crippen molar-refractivity contribution in [2.24, 2.45) is 5.92 Å². The Morgan fingerprint density at radius 1 is 1.52 bits per heavy atom. The molecule has 0 saturated heterocycles. The fourth-order valence-electron chi connectivity index (χ4n) is 2.97. The van der Waals surface area contributed by atoms with Crippen LogP contribution in [0.25, 0.3) is 11.0 Å². The molecule has 2 heterocycles. The number of anilines is 1. The number of fused-ring (bicyclic) bond motifs is 1. The summed E-state index contributed by atoms with van der Waals surface area (Å²) in [5, 5.41) is 22.5. The summed E-state index contributed by atoms with van der Waals surface area (Å²) in [5.74, 6) is -0.950. The molecule has 1 aliphatic carbocycles. The zero-order valence-electron chi connectivity index (χ0n) is 11.5. The molecular formula is C15H16N4O2. The summed E-state index contributed by atoms with van der Waals surface area (Å²) in [5.41, 5.74) is 1.42. The fourth-order valence-corrected chi connectivity index (χ4v) is 2.97. The first kappa shape index (κ1) is 13.4. The monoisotopic (exact) mass is 284 g/mol. The summed E-state index contributed by atoms with van der Waals surface area (Å²) < 4.78 is 0. The van der Waals surface area contributed by atoms with Gasteiger partial charge in [-0.2, -0.15) is 5.26 Å². The van der Waals surface area contributed by atoms with Crippen LogP contribution in [0.5, 0.6) is 0 Å². The average molecular weight is 284 g/mol. The molecule has 1 aliphatic rings. The quantitative estimate of drug-likeness (QED) is 0.804. The van der Waals surface area contributed by atoms with Crippen molar-refractivity contribution in [2.45, 2.75) is 31.7 Å². The Balaban J connectivity index is 1.95. The van der Waals surface area contributed by atoms with E-state index in [1.54, 1.807) is 6.20 Å². The summed E-state index contributed by atoms with van der Waals surface area (Å²) in [6.45, 7) is 0. The van der Waals surface area contributed by atoms with E-state index in [1.165, 1.54) is 6.20 Å². The molecular weight excluding hydrogens is 268 g/mol. The molecule has 1 saturated carbocycles. The van der Waals surface area contributed by atoms with Gasteiger partial charge in [0.15, 0.2) is 0 Å². The zero-order valence-corrected chi connectivity index (χ0v) is 11.5. The second-order valence-electron chi connectivity index (χ2n) is 5.43. The Kier molecular flexibility index (Phi) is 3.48. The van der Waals surface area contributed by atoms with Crippen molar-refractivity contribution in [1.29, 1.82) is 5.26 Å². The van der Waals surface area contributed by atoms with Crippen LogP contribution >= 0.6 is 0 Å². The number of nitrogens with zero attached hydrogens (tertiary/aromatic N) is 2. The minimum Gasteiger partial charge on any atom is -0.478 e. The predicted molar refractivity (Wildman–Crippen MR) is 78.0 cm³/mol. The number of carbonyl (C=O) groups is 1. The third-order valence-corrected chi connectivity index (χ3v) is 4.02. The third-order valence-electron chi connectivity index (χ3n) is 4.02. The lowest BCUT2D eigenvalue weighted by atomic mass is 9.86. The van der Waals surface area contributed by atoms with Crippen LogP contribution in [0.4, 0.5) is 5.69 Å². The predicted octanol–water partition coefficient (Wildman–Crippen LogP) is 2.76. The number of hydrogen-bond donors (Lipinski definition) is 3. The highest BCUT2D eigenvalue weighted by molar-refractivity contribution is 6.03. The molecule has 3 N–H and O–H groups in total. The summed E-state index contributed by atoms with van der Waals surface area (Å²) >= 11 is 0. The third kappa shape index (κ3) is 2.55. The lowest BCUT2D eigenvalue weighted by molar-refractivity contribution is 0.0697. The highest BCUT2D eigenvalue weighted by atomic mass is 16.4. The number of nitrogens with one attached hydrogen (secondary N) is 2. The van der Waals surface area contributed by atoms with Crippen LogP contribution in [0.2, 0.25) is 0 Å². The van der Waals surface area contributed by atoms with Gasteiger partial charge in [-0.25, -0.2) is 9.78 Å². The van der Waals surface area contributed by atoms with Crippen LogP contribution in [0.1, 0.15) is 36.0 Å². The van der Waals surface area contributed by atoms with Gasteiger partial charge in [0.2, 0.25) is 0 Å². The van der Waals surface area contributed by atoms with Gasteiger partial charge in [0, 0.05) is 29.7 Å². The van der Waals surface area contributed by atoms with E-state index in [4.69, 9.17) is 5.26 Å². The van der Waals surface area contributed by atoms with Gasteiger partial charge in [-0.05, 0) is 25.3 Å². The van der Waals surface area contributed by atoms with E-state index in [2.05, 4.69) is 21.4 Å². The van der Waals surface area contributed by atoms with E-state index in [1.807, 2.05) is 6.07 Å². The number of aromatic amines is 1. The van der Waals surface area contributed by atoms with Crippen LogP contribution in [-0.2, 0) is 0 Å². The highest BCUT2D eigenvalue weighted by Gasteiger charge is 2.24. The molecule has 0 aliphatic heterocycles. The first-order valence-electron chi connectivity index (χ1n) is 7.04. The summed E-state index contributed by atoms with van der Waals surface area (Å²) in [7, 11) is 0. The molecule has 108 valence electrons. The van der Waals surface area contributed by atoms with Gasteiger partial charge in [-0.1, -0.05) is 6.42 Å². The number of carboxylic acid groups (broad SMARTS) is 1. The van der Waals surface area contributed by atoms with Crippen LogP contribution in [0, 0.1) is 17.2 Å². The van der Waals surface area contributed by atoms with E-state index in [-0.39, 0.29) is 17.5 Å². The smallest absolute Gasteiger partial charge is 0.339 e. The first-order valence-corrected chi connectivity index (χ1v) is 7.04. The van der Waals surface area contributed by atoms with Crippen molar-refractivity contribution in [1.82, 2.24) is 9.97 Å². The molecule has 2 atom stereocenters. The summed E-state index contributed by atoms with van der Waals surface area (Å²) in [6.07, 6.45) is 6.73. The van der Waals surface area contributed by atoms with Gasteiger partial charge in [0.05, 0.1) is 11.8 Å². The number of carboxylic acids is 1. The lowest BCUT2D eigenvalue weighted by Crippen LogP contribution is -2.27. The molecule has 2 aromatic rings. The Labute approximate surface area is 121 Å². The van der Waals surface area contributed by atoms with Gasteiger partial charge in [-0.3, -0.25) is 0 Å². The molecule has 0 radical (unpaired) electrons. The second kappa shape index (κ2) is 5.44. The van der Waals surface area contributed by atoms with E-state index in [0.717, 1.165) is 31.1 Å². The standard InChI is InChI=1S/C15H16N4O2/c16-7-9-2-1-3-10(6-9)19-13-11-4-5-17-14(11)18-8-12(13)15(20)21/h4-5,8-10H,1-3,6H2,(H,20,21)(H2,17,18,19)/t9-,10-/m0/s1. The van der Waals surface area contributed by atoms with E-state index in [0.29, 0.717) is 11.3 Å². The Bertz CT molecular complexity index is 716. The van der Waals surface area contributed by atoms with Gasteiger partial charge in [0.1, 0.15) is 11.2 Å². The largest absolute Gasteiger partial charge is 0.478 e. The normalized spacial score (nSPS) is 21.9. The minimum atomic E-state index is -0.999. The van der Waals surface area contributed by atoms with E-state index < -0.39 is 5.97 Å². The van der Waals surface area contributed by atoms with Gasteiger partial charge in [-0.15, -0.1) is 0 Å². The molecule has 21 heavy (non-hydrogen) atoms. The highest BCUT2D eigenvalue weighted by Crippen LogP contribution is 2.31. The van der Waals surface area contributed by atoms with Crippen LogP contribution < -0.4 is 5.32 Å². The Morgan fingerprint density at radius 2 is 2.38 bits per heavy atom. The molecule has 3 rings (SSSR count).